The SMILES string of the molecule is Nc1cc(C(F)(F)F)c(Cl)cc1Nc1ccccc1. The number of hydrogen-bond acceptors (Lipinski definition) is 2. The number of anilines is 3. The zero-order valence-electron chi connectivity index (χ0n) is 9.63. The smallest absolute Gasteiger partial charge is 0.397 e. The molecule has 0 spiro atoms. The first kappa shape index (κ1) is 13.5. The minimum absolute atomic E-state index is 0.0134. The molecule has 0 fully saturated rings. The van der Waals surface area contributed by atoms with Crippen LogP contribution in [0.1, 0.15) is 5.56 Å². The molecule has 0 heterocycles. The second-order valence-corrected chi connectivity index (χ2v) is 4.32. The van der Waals surface area contributed by atoms with Gasteiger partial charge in [0, 0.05) is 5.69 Å². The number of para-hydroxylation sites is 1. The third kappa shape index (κ3) is 3.12. The molecule has 0 saturated heterocycles. The zero-order valence-corrected chi connectivity index (χ0v) is 10.4. The summed E-state index contributed by atoms with van der Waals surface area (Å²) in [6, 6.07) is 11.0. The Kier molecular flexibility index (Phi) is 3.57. The summed E-state index contributed by atoms with van der Waals surface area (Å²) in [5.74, 6) is 0. The summed E-state index contributed by atoms with van der Waals surface area (Å²) in [7, 11) is 0. The Balaban J connectivity index is 2.36. The van der Waals surface area contributed by atoms with E-state index in [0.717, 1.165) is 6.07 Å². The van der Waals surface area contributed by atoms with Crippen LogP contribution in [-0.2, 0) is 6.18 Å². The van der Waals surface area contributed by atoms with Gasteiger partial charge in [-0.25, -0.2) is 0 Å². The molecule has 0 saturated carbocycles. The quantitative estimate of drug-likeness (QED) is 0.786. The van der Waals surface area contributed by atoms with Crippen LogP contribution in [0.3, 0.4) is 0 Å². The van der Waals surface area contributed by atoms with Crippen LogP contribution < -0.4 is 11.1 Å². The predicted molar refractivity (Wildman–Crippen MR) is 70.6 cm³/mol. The topological polar surface area (TPSA) is 38.0 Å². The number of nitrogens with one attached hydrogen (secondary N) is 1. The van der Waals surface area contributed by atoms with Crippen molar-refractivity contribution in [1.29, 1.82) is 0 Å². The number of rotatable bonds is 2. The summed E-state index contributed by atoms with van der Waals surface area (Å²) in [4.78, 5) is 0. The highest BCUT2D eigenvalue weighted by atomic mass is 35.5. The van der Waals surface area contributed by atoms with Crippen LogP contribution >= 0.6 is 11.6 Å². The lowest BCUT2D eigenvalue weighted by Crippen LogP contribution is -2.08. The molecule has 0 radical (unpaired) electrons. The number of nitrogens with two attached hydrogens (primary N) is 1. The monoisotopic (exact) mass is 286 g/mol. The van der Waals surface area contributed by atoms with Crippen molar-refractivity contribution in [3.63, 3.8) is 0 Å². The third-order valence-corrected chi connectivity index (χ3v) is 2.81. The van der Waals surface area contributed by atoms with Crippen LogP contribution in [0.25, 0.3) is 0 Å². The number of alkyl halides is 3. The minimum Gasteiger partial charge on any atom is -0.397 e. The van der Waals surface area contributed by atoms with Gasteiger partial charge in [-0.1, -0.05) is 29.8 Å². The first-order valence-electron chi connectivity index (χ1n) is 5.36. The maximum Gasteiger partial charge on any atom is 0.417 e. The molecular weight excluding hydrogens is 277 g/mol. The summed E-state index contributed by atoms with van der Waals surface area (Å²) < 4.78 is 37.9. The minimum atomic E-state index is -4.52. The van der Waals surface area contributed by atoms with Crippen molar-refractivity contribution >= 4 is 28.7 Å². The van der Waals surface area contributed by atoms with Crippen molar-refractivity contribution in [2.24, 2.45) is 0 Å². The second kappa shape index (κ2) is 5.01. The van der Waals surface area contributed by atoms with Crippen LogP contribution in [0.4, 0.5) is 30.2 Å². The molecule has 0 aliphatic heterocycles. The van der Waals surface area contributed by atoms with E-state index < -0.39 is 11.7 Å². The van der Waals surface area contributed by atoms with Gasteiger partial charge >= 0.3 is 6.18 Å². The molecule has 0 aromatic heterocycles. The van der Waals surface area contributed by atoms with E-state index in [4.69, 9.17) is 17.3 Å². The van der Waals surface area contributed by atoms with Gasteiger partial charge in [0.2, 0.25) is 0 Å². The van der Waals surface area contributed by atoms with Gasteiger partial charge in [-0.3, -0.25) is 0 Å². The molecule has 2 nitrogen and oxygen atoms in total. The normalized spacial score (nSPS) is 11.4. The number of halogens is 4. The highest BCUT2D eigenvalue weighted by Crippen LogP contribution is 2.39. The molecule has 2 aromatic rings. The third-order valence-electron chi connectivity index (χ3n) is 2.50. The maximum absolute atomic E-state index is 12.6. The van der Waals surface area contributed by atoms with Crippen LogP contribution in [0.5, 0.6) is 0 Å². The Morgan fingerprint density at radius 1 is 1.05 bits per heavy atom. The Bertz CT molecular complexity index is 582. The van der Waals surface area contributed by atoms with Crippen molar-refractivity contribution in [2.45, 2.75) is 6.18 Å². The van der Waals surface area contributed by atoms with Gasteiger partial charge in [-0.15, -0.1) is 0 Å². The predicted octanol–water partition coefficient (Wildman–Crippen LogP) is 4.68. The number of benzene rings is 2. The molecule has 0 atom stereocenters. The lowest BCUT2D eigenvalue weighted by atomic mass is 10.1. The van der Waals surface area contributed by atoms with E-state index in [2.05, 4.69) is 5.32 Å². The number of nitrogen functional groups attached to an aromatic ring is 1. The van der Waals surface area contributed by atoms with Crippen LogP contribution in [-0.4, -0.2) is 0 Å². The van der Waals surface area contributed by atoms with Crippen molar-refractivity contribution in [3.8, 4) is 0 Å². The molecule has 19 heavy (non-hydrogen) atoms. The van der Waals surface area contributed by atoms with Gasteiger partial charge in [-0.2, -0.15) is 13.2 Å². The van der Waals surface area contributed by atoms with Crippen LogP contribution in [0, 0.1) is 0 Å². The van der Waals surface area contributed by atoms with Gasteiger partial charge in [0.05, 0.1) is 22.0 Å². The van der Waals surface area contributed by atoms with Crippen LogP contribution in [0.2, 0.25) is 5.02 Å². The summed E-state index contributed by atoms with van der Waals surface area (Å²) in [6.45, 7) is 0. The molecule has 2 aromatic carbocycles. The van der Waals surface area contributed by atoms with Crippen molar-refractivity contribution in [2.75, 3.05) is 11.1 Å². The highest BCUT2D eigenvalue weighted by Gasteiger charge is 2.33. The van der Waals surface area contributed by atoms with E-state index >= 15 is 0 Å². The Morgan fingerprint density at radius 3 is 2.26 bits per heavy atom. The van der Waals surface area contributed by atoms with Gasteiger partial charge in [0.15, 0.2) is 0 Å². The highest BCUT2D eigenvalue weighted by molar-refractivity contribution is 6.32. The molecule has 0 unspecified atom stereocenters. The summed E-state index contributed by atoms with van der Waals surface area (Å²) in [6.07, 6.45) is -4.52. The van der Waals surface area contributed by atoms with E-state index in [0.29, 0.717) is 11.4 Å². The molecule has 3 N–H and O–H groups in total. The van der Waals surface area contributed by atoms with Gasteiger partial charge in [0.25, 0.3) is 0 Å². The first-order chi connectivity index (χ1) is 8.88. The maximum atomic E-state index is 12.6. The Hall–Kier alpha value is -1.88. The van der Waals surface area contributed by atoms with E-state index in [1.54, 1.807) is 24.3 Å². The van der Waals surface area contributed by atoms with Crippen molar-refractivity contribution in [3.05, 3.63) is 53.1 Å². The van der Waals surface area contributed by atoms with Gasteiger partial charge in [-0.05, 0) is 24.3 Å². The molecular formula is C13H10ClF3N2. The fourth-order valence-corrected chi connectivity index (χ4v) is 1.86. The first-order valence-corrected chi connectivity index (χ1v) is 5.74. The largest absolute Gasteiger partial charge is 0.417 e. The molecule has 100 valence electrons. The van der Waals surface area contributed by atoms with E-state index in [9.17, 15) is 13.2 Å². The van der Waals surface area contributed by atoms with E-state index in [1.807, 2.05) is 6.07 Å². The molecule has 6 heteroatoms. The molecule has 2 rings (SSSR count). The Morgan fingerprint density at radius 2 is 1.68 bits per heavy atom. The van der Waals surface area contributed by atoms with Crippen molar-refractivity contribution in [1.82, 2.24) is 0 Å². The average molecular weight is 287 g/mol. The lowest BCUT2D eigenvalue weighted by molar-refractivity contribution is -0.137. The fraction of sp³-hybridized carbons (Fsp3) is 0.0769. The van der Waals surface area contributed by atoms with Gasteiger partial charge in [0.1, 0.15) is 0 Å². The lowest BCUT2D eigenvalue weighted by Gasteiger charge is -2.14. The second-order valence-electron chi connectivity index (χ2n) is 3.91. The van der Waals surface area contributed by atoms with E-state index in [-0.39, 0.29) is 10.7 Å². The molecule has 0 amide bonds. The van der Waals surface area contributed by atoms with Crippen LogP contribution in [0.15, 0.2) is 42.5 Å². The standard InChI is InChI=1S/C13H10ClF3N2/c14-10-7-12(19-8-4-2-1-3-5-8)11(18)6-9(10)13(15,16)17/h1-7,19H,18H2. The summed E-state index contributed by atoms with van der Waals surface area (Å²) >= 11 is 5.64. The molecule has 0 bridgehead atoms. The Labute approximate surface area is 113 Å². The number of hydrogen-bond donors (Lipinski definition) is 2. The van der Waals surface area contributed by atoms with Crippen molar-refractivity contribution < 1.29 is 13.2 Å². The zero-order chi connectivity index (χ0) is 14.0. The van der Waals surface area contributed by atoms with Gasteiger partial charge < -0.3 is 11.1 Å². The summed E-state index contributed by atoms with van der Waals surface area (Å²) in [5, 5.41) is 2.53. The fourth-order valence-electron chi connectivity index (χ4n) is 1.59. The average Bonchev–Trinajstić information content (AvgIpc) is 2.33. The molecule has 0 aliphatic carbocycles. The van der Waals surface area contributed by atoms with E-state index in [1.165, 1.54) is 6.07 Å². The molecule has 0 aliphatic rings. The summed E-state index contributed by atoms with van der Waals surface area (Å²) in [5.41, 5.74) is 5.71.